The van der Waals surface area contributed by atoms with E-state index < -0.39 is 0 Å². The van der Waals surface area contributed by atoms with Crippen LogP contribution in [-0.4, -0.2) is 56.2 Å². The van der Waals surface area contributed by atoms with Crippen molar-refractivity contribution in [3.8, 4) is 28.7 Å². The third-order valence-electron chi connectivity index (χ3n) is 8.11. The van der Waals surface area contributed by atoms with Crippen LogP contribution in [0.5, 0.6) is 28.7 Å². The molecule has 0 amide bonds. The maximum absolute atomic E-state index is 10.4. The maximum Gasteiger partial charge on any atom is 0.162 e. The Morgan fingerprint density at radius 2 is 1.56 bits per heavy atom. The first-order chi connectivity index (χ1) is 23.4. The average molecular weight is 672 g/mol. The molecule has 10 heteroatoms. The lowest BCUT2D eigenvalue weighted by Crippen LogP contribution is -2.17. The maximum atomic E-state index is 10.4. The summed E-state index contributed by atoms with van der Waals surface area (Å²) < 4.78 is 28.4. The zero-order valence-electron chi connectivity index (χ0n) is 27.8. The quantitative estimate of drug-likeness (QED) is 0.0991. The fourth-order valence-electron chi connectivity index (χ4n) is 5.54. The predicted octanol–water partition coefficient (Wildman–Crippen LogP) is 7.23. The molecule has 1 aromatic heterocycles. The smallest absolute Gasteiger partial charge is 0.162 e. The Labute approximate surface area is 286 Å². The number of aromatic hydroxyl groups is 1. The van der Waals surface area contributed by atoms with Gasteiger partial charge in [0.05, 0.1) is 51.3 Å². The number of nitrogens with one attached hydrogen (secondary N) is 1. The number of hydrogen-bond donors (Lipinski definition) is 2. The van der Waals surface area contributed by atoms with Crippen molar-refractivity contribution in [3.63, 3.8) is 0 Å². The number of phenols is 1. The minimum Gasteiger partial charge on any atom is -0.504 e. The van der Waals surface area contributed by atoms with Crippen molar-refractivity contribution < 1.29 is 28.8 Å². The van der Waals surface area contributed by atoms with Gasteiger partial charge in [-0.05, 0) is 61.2 Å². The molecular weight excluding hydrogens is 630 g/mol. The molecule has 0 fully saturated rings. The number of nitrogens with zero attached hydrogens (tertiary/aromatic N) is 2. The van der Waals surface area contributed by atoms with Gasteiger partial charge in [-0.2, -0.15) is 0 Å². The molecule has 2 N–H and O–H groups in total. The lowest BCUT2D eigenvalue weighted by atomic mass is 9.97. The van der Waals surface area contributed by atoms with E-state index >= 15 is 0 Å². The van der Waals surface area contributed by atoms with Crippen LogP contribution in [0, 0.1) is 6.92 Å². The van der Waals surface area contributed by atoms with Crippen molar-refractivity contribution in [1.29, 1.82) is 0 Å². The summed E-state index contributed by atoms with van der Waals surface area (Å²) in [6, 6.07) is 21.4. The second kappa shape index (κ2) is 17.0. The number of fused-ring (bicyclic) bond motifs is 1. The number of methoxy groups -OCH3 is 3. The van der Waals surface area contributed by atoms with E-state index in [9.17, 15) is 5.11 Å². The van der Waals surface area contributed by atoms with Crippen molar-refractivity contribution in [2.75, 3.05) is 41.1 Å². The highest BCUT2D eigenvalue weighted by Crippen LogP contribution is 2.35. The van der Waals surface area contributed by atoms with Gasteiger partial charge in [-0.3, -0.25) is 0 Å². The highest BCUT2D eigenvalue weighted by atomic mass is 35.5. The highest BCUT2D eigenvalue weighted by Gasteiger charge is 2.15. The van der Waals surface area contributed by atoms with E-state index in [2.05, 4.69) is 52.5 Å². The first kappa shape index (κ1) is 34.8. The van der Waals surface area contributed by atoms with Crippen molar-refractivity contribution in [2.24, 2.45) is 0 Å². The molecule has 0 unspecified atom stereocenters. The van der Waals surface area contributed by atoms with E-state index in [1.807, 2.05) is 24.3 Å². The average Bonchev–Trinajstić information content (AvgIpc) is 3.09. The van der Waals surface area contributed by atoms with Gasteiger partial charge in [0.15, 0.2) is 11.5 Å². The fourth-order valence-corrected chi connectivity index (χ4v) is 5.74. The predicted molar refractivity (Wildman–Crippen MR) is 188 cm³/mol. The molecule has 48 heavy (non-hydrogen) atoms. The minimum absolute atomic E-state index is 0.0491. The summed E-state index contributed by atoms with van der Waals surface area (Å²) in [5.74, 6) is 2.47. The molecule has 1 heterocycles. The second-order valence-electron chi connectivity index (χ2n) is 11.4. The summed E-state index contributed by atoms with van der Waals surface area (Å²) in [7, 11) is 4.81. The summed E-state index contributed by atoms with van der Waals surface area (Å²) in [4.78, 5) is 8.90. The number of halogens is 1. The van der Waals surface area contributed by atoms with E-state index in [1.165, 1.54) is 24.6 Å². The Morgan fingerprint density at radius 3 is 2.29 bits per heavy atom. The Bertz CT molecular complexity index is 1790. The monoisotopic (exact) mass is 671 g/mol. The molecule has 0 saturated heterocycles. The lowest BCUT2D eigenvalue weighted by Gasteiger charge is -2.17. The van der Waals surface area contributed by atoms with Gasteiger partial charge in [-0.25, -0.2) is 9.97 Å². The van der Waals surface area contributed by atoms with Gasteiger partial charge >= 0.3 is 0 Å². The normalized spacial score (nSPS) is 11.1. The van der Waals surface area contributed by atoms with Gasteiger partial charge in [-0.1, -0.05) is 47.5 Å². The van der Waals surface area contributed by atoms with E-state index in [-0.39, 0.29) is 5.75 Å². The number of aromatic nitrogens is 2. The van der Waals surface area contributed by atoms with Crippen LogP contribution in [0.25, 0.3) is 10.9 Å². The molecule has 0 radical (unpaired) electrons. The van der Waals surface area contributed by atoms with E-state index in [1.54, 1.807) is 26.4 Å². The number of rotatable bonds is 17. The van der Waals surface area contributed by atoms with Crippen LogP contribution in [0.15, 0.2) is 73.1 Å². The summed E-state index contributed by atoms with van der Waals surface area (Å²) in [6.07, 6.45) is 3.82. The van der Waals surface area contributed by atoms with Crippen LogP contribution in [-0.2, 0) is 30.7 Å². The number of ether oxygens (including phenoxy) is 5. The molecule has 4 aromatic carbocycles. The highest BCUT2D eigenvalue weighted by molar-refractivity contribution is 6.30. The number of benzene rings is 4. The van der Waals surface area contributed by atoms with E-state index in [0.717, 1.165) is 47.2 Å². The number of phenolic OH excluding ortho intramolecular Hbond substituents is 1. The van der Waals surface area contributed by atoms with E-state index in [0.29, 0.717) is 66.3 Å². The molecule has 9 nitrogen and oxygen atoms in total. The van der Waals surface area contributed by atoms with Crippen LogP contribution < -0.4 is 24.3 Å². The second-order valence-corrected chi connectivity index (χ2v) is 11.9. The molecular formula is C38H42ClN3O6. The molecule has 0 aliphatic rings. The Balaban J connectivity index is 1.15. The van der Waals surface area contributed by atoms with Crippen LogP contribution in [0.4, 0.5) is 0 Å². The van der Waals surface area contributed by atoms with Gasteiger partial charge in [0.25, 0.3) is 0 Å². The molecule has 0 spiro atoms. The largest absolute Gasteiger partial charge is 0.504 e. The van der Waals surface area contributed by atoms with Crippen molar-refractivity contribution >= 4 is 22.5 Å². The lowest BCUT2D eigenvalue weighted by molar-refractivity contribution is 0.0887. The van der Waals surface area contributed by atoms with Gasteiger partial charge in [-0.15, -0.1) is 0 Å². The molecule has 0 bridgehead atoms. The van der Waals surface area contributed by atoms with Gasteiger partial charge < -0.3 is 34.1 Å². The van der Waals surface area contributed by atoms with Crippen LogP contribution in [0.2, 0.25) is 5.02 Å². The first-order valence-electron chi connectivity index (χ1n) is 15.9. The number of hydrogen-bond acceptors (Lipinski definition) is 9. The molecule has 5 rings (SSSR count). The van der Waals surface area contributed by atoms with Crippen LogP contribution in [0.3, 0.4) is 0 Å². The topological polar surface area (TPSA) is 104 Å². The van der Waals surface area contributed by atoms with E-state index in [4.69, 9.17) is 35.3 Å². The third kappa shape index (κ3) is 9.07. The van der Waals surface area contributed by atoms with Gasteiger partial charge in [0.1, 0.15) is 30.2 Å². The summed E-state index contributed by atoms with van der Waals surface area (Å²) in [5, 5.41) is 15.4. The molecule has 5 aromatic rings. The molecule has 0 aliphatic carbocycles. The SMILES string of the molecule is COc1cc2ncnc(Cc3cc(Cl)ccc3CCCNCc3c(OC)cc(OCCOCc4ccc(C)cc4)cc3OC)c2cc1O. The van der Waals surface area contributed by atoms with Gasteiger partial charge in [0, 0.05) is 41.6 Å². The minimum atomic E-state index is 0.0491. The summed E-state index contributed by atoms with van der Waals surface area (Å²) in [5.41, 5.74) is 7.06. The fraction of sp³-hybridized carbons (Fsp3) is 0.316. The Hall–Kier alpha value is -4.57. The zero-order valence-corrected chi connectivity index (χ0v) is 28.6. The summed E-state index contributed by atoms with van der Waals surface area (Å²) in [6.45, 7) is 4.83. The summed E-state index contributed by atoms with van der Waals surface area (Å²) >= 11 is 6.41. The molecule has 0 aliphatic heterocycles. The van der Waals surface area contributed by atoms with Crippen molar-refractivity contribution in [2.45, 2.75) is 39.3 Å². The number of aryl methyl sites for hydroxylation is 2. The molecule has 0 atom stereocenters. The van der Waals surface area contributed by atoms with Crippen LogP contribution >= 0.6 is 11.6 Å². The standard InChI is InChI=1S/C38H42ClN3O6/c1-25-7-9-26(10-8-25)23-47-14-15-48-30-18-36(44-2)32(37(19-30)45-3)22-40-13-5-6-27-11-12-29(39)16-28(27)17-33-31-20-35(43)38(46-4)21-34(31)42-24-41-33/h7-12,16,18-21,24,40,43H,5-6,13-15,17,22-23H2,1-4H3. The molecule has 0 saturated carbocycles. The Kier molecular flexibility index (Phi) is 12.3. The van der Waals surface area contributed by atoms with Crippen molar-refractivity contribution in [1.82, 2.24) is 15.3 Å². The first-order valence-corrected chi connectivity index (χ1v) is 16.3. The Morgan fingerprint density at radius 1 is 0.812 bits per heavy atom. The zero-order chi connectivity index (χ0) is 33.9. The van der Waals surface area contributed by atoms with Gasteiger partial charge in [0.2, 0.25) is 0 Å². The third-order valence-corrected chi connectivity index (χ3v) is 8.35. The van der Waals surface area contributed by atoms with Crippen LogP contribution in [0.1, 0.15) is 39.9 Å². The van der Waals surface area contributed by atoms with Crippen molar-refractivity contribution in [3.05, 3.63) is 112 Å². The molecule has 252 valence electrons.